The van der Waals surface area contributed by atoms with Crippen molar-refractivity contribution in [1.82, 2.24) is 4.57 Å². The molecule has 0 unspecified atom stereocenters. The molecule has 2 N–H and O–H groups in total. The lowest BCUT2D eigenvalue weighted by atomic mass is 10.1. The van der Waals surface area contributed by atoms with Gasteiger partial charge < -0.3 is 15.0 Å². The van der Waals surface area contributed by atoms with Gasteiger partial charge in [0.1, 0.15) is 12.4 Å². The summed E-state index contributed by atoms with van der Waals surface area (Å²) in [6, 6.07) is 21.3. The van der Waals surface area contributed by atoms with Gasteiger partial charge in [0.25, 0.3) is 0 Å². The fourth-order valence-electron chi connectivity index (χ4n) is 3.54. The van der Waals surface area contributed by atoms with E-state index in [-0.39, 0.29) is 6.61 Å². The number of carbonyl (C=O) groups excluding carboxylic acids is 2. The highest BCUT2D eigenvalue weighted by Gasteiger charge is 2.19. The van der Waals surface area contributed by atoms with Crippen LogP contribution >= 0.6 is 0 Å². The van der Waals surface area contributed by atoms with Gasteiger partial charge in [0.05, 0.1) is 16.4 Å². The molecule has 0 radical (unpaired) electrons. The molecule has 3 aromatic carbocycles. The molecule has 5 nitrogen and oxygen atoms in total. The van der Waals surface area contributed by atoms with E-state index < -0.39 is 5.91 Å². The van der Waals surface area contributed by atoms with Crippen molar-refractivity contribution in [1.29, 1.82) is 0 Å². The molecule has 0 aliphatic carbocycles. The van der Waals surface area contributed by atoms with Gasteiger partial charge in [0.15, 0.2) is 6.29 Å². The standard InChI is InChI=1S/C22H18N2O3/c23-22(26)16-8-4-9-17-20(16)21-18(10-5-11-19(21)27-13-12-25)24(17)14-15-6-2-1-3-7-15/h1-12H,13-14H2,(H2,23,26). The van der Waals surface area contributed by atoms with Crippen LogP contribution in [0.15, 0.2) is 66.7 Å². The number of hydrogen-bond acceptors (Lipinski definition) is 3. The van der Waals surface area contributed by atoms with Gasteiger partial charge in [0.2, 0.25) is 5.91 Å². The van der Waals surface area contributed by atoms with Crippen LogP contribution in [-0.4, -0.2) is 23.4 Å². The van der Waals surface area contributed by atoms with Gasteiger partial charge in [-0.05, 0) is 29.8 Å². The van der Waals surface area contributed by atoms with E-state index in [2.05, 4.69) is 16.7 Å². The smallest absolute Gasteiger partial charge is 0.249 e. The molecule has 4 rings (SSSR count). The highest BCUT2D eigenvalue weighted by molar-refractivity contribution is 6.19. The summed E-state index contributed by atoms with van der Waals surface area (Å²) in [7, 11) is 0. The van der Waals surface area contributed by atoms with E-state index in [0.717, 1.165) is 27.4 Å². The minimum atomic E-state index is -0.496. The molecular formula is C22H18N2O3. The summed E-state index contributed by atoms with van der Waals surface area (Å²) in [5.41, 5.74) is 9.03. The number of aromatic nitrogens is 1. The number of ether oxygens (including phenoxy) is 1. The SMILES string of the molecule is NC(=O)c1cccc2c1c1c(OCC=O)cccc1n2Cc1ccccc1. The van der Waals surface area contributed by atoms with E-state index in [0.29, 0.717) is 24.1 Å². The van der Waals surface area contributed by atoms with E-state index in [9.17, 15) is 9.59 Å². The first-order valence-electron chi connectivity index (χ1n) is 8.65. The molecule has 5 heteroatoms. The van der Waals surface area contributed by atoms with E-state index >= 15 is 0 Å². The van der Waals surface area contributed by atoms with Gasteiger partial charge in [-0.1, -0.05) is 42.5 Å². The Labute approximate surface area is 156 Å². The summed E-state index contributed by atoms with van der Waals surface area (Å²) < 4.78 is 7.78. The number of benzene rings is 3. The van der Waals surface area contributed by atoms with Crippen LogP contribution in [0.1, 0.15) is 15.9 Å². The lowest BCUT2D eigenvalue weighted by molar-refractivity contribution is -0.109. The molecular weight excluding hydrogens is 340 g/mol. The van der Waals surface area contributed by atoms with Crippen molar-refractivity contribution in [3.8, 4) is 5.75 Å². The Bertz CT molecular complexity index is 1150. The second-order valence-electron chi connectivity index (χ2n) is 6.26. The highest BCUT2D eigenvalue weighted by Crippen LogP contribution is 2.38. The van der Waals surface area contributed by atoms with Crippen LogP contribution in [0.25, 0.3) is 21.8 Å². The quantitative estimate of drug-likeness (QED) is 0.536. The number of primary amides is 1. The maximum atomic E-state index is 12.1. The molecule has 0 aliphatic heterocycles. The first-order chi connectivity index (χ1) is 13.2. The molecule has 0 aliphatic rings. The lowest BCUT2D eigenvalue weighted by Gasteiger charge is -2.08. The number of carbonyl (C=O) groups is 2. The molecule has 0 saturated heterocycles. The highest BCUT2D eigenvalue weighted by atomic mass is 16.5. The van der Waals surface area contributed by atoms with Gasteiger partial charge in [-0.25, -0.2) is 0 Å². The first-order valence-corrected chi connectivity index (χ1v) is 8.65. The Morgan fingerprint density at radius 3 is 2.33 bits per heavy atom. The molecule has 0 bridgehead atoms. The number of nitrogens with zero attached hydrogens (tertiary/aromatic N) is 1. The second-order valence-corrected chi connectivity index (χ2v) is 6.26. The van der Waals surface area contributed by atoms with Gasteiger partial charge in [0, 0.05) is 17.5 Å². The molecule has 0 fully saturated rings. The largest absolute Gasteiger partial charge is 0.485 e. The summed E-state index contributed by atoms with van der Waals surface area (Å²) in [6.45, 7) is 0.587. The molecule has 0 atom stereocenters. The van der Waals surface area contributed by atoms with Crippen LogP contribution in [0.5, 0.6) is 5.75 Å². The summed E-state index contributed by atoms with van der Waals surface area (Å²) in [4.78, 5) is 22.9. The van der Waals surface area contributed by atoms with Crippen molar-refractivity contribution in [2.45, 2.75) is 6.54 Å². The molecule has 4 aromatic rings. The van der Waals surface area contributed by atoms with Gasteiger partial charge in [-0.2, -0.15) is 0 Å². The molecule has 0 saturated carbocycles. The van der Waals surface area contributed by atoms with Crippen molar-refractivity contribution in [2.75, 3.05) is 6.61 Å². The fourth-order valence-corrected chi connectivity index (χ4v) is 3.54. The average Bonchev–Trinajstić information content (AvgIpc) is 3.01. The molecule has 1 aromatic heterocycles. The Kier molecular flexibility index (Phi) is 4.34. The summed E-state index contributed by atoms with van der Waals surface area (Å²) in [5, 5.41) is 1.54. The maximum absolute atomic E-state index is 12.1. The number of nitrogens with two attached hydrogens (primary N) is 1. The van der Waals surface area contributed by atoms with Crippen LogP contribution in [-0.2, 0) is 11.3 Å². The molecule has 134 valence electrons. The third kappa shape index (κ3) is 2.93. The summed E-state index contributed by atoms with van der Waals surface area (Å²) in [5.74, 6) is 0.0645. The van der Waals surface area contributed by atoms with Crippen LogP contribution in [0.4, 0.5) is 0 Å². The van der Waals surface area contributed by atoms with Gasteiger partial charge in [-0.3, -0.25) is 9.59 Å². The Morgan fingerprint density at radius 1 is 0.926 bits per heavy atom. The van der Waals surface area contributed by atoms with Crippen molar-refractivity contribution in [3.63, 3.8) is 0 Å². The Balaban J connectivity index is 2.06. The topological polar surface area (TPSA) is 74.3 Å². The van der Waals surface area contributed by atoms with Crippen LogP contribution < -0.4 is 10.5 Å². The first kappa shape index (κ1) is 16.8. The minimum absolute atomic E-state index is 0.0524. The average molecular weight is 358 g/mol. The van der Waals surface area contributed by atoms with Crippen molar-refractivity contribution in [2.24, 2.45) is 5.73 Å². The van der Waals surface area contributed by atoms with E-state index in [4.69, 9.17) is 10.5 Å². The van der Waals surface area contributed by atoms with Crippen molar-refractivity contribution >= 4 is 34.0 Å². The fraction of sp³-hybridized carbons (Fsp3) is 0.0909. The number of aldehydes is 1. The van der Waals surface area contributed by atoms with E-state index in [1.807, 2.05) is 42.5 Å². The Hall–Kier alpha value is -3.60. The second kappa shape index (κ2) is 6.96. The normalized spacial score (nSPS) is 11.0. The maximum Gasteiger partial charge on any atom is 0.249 e. The number of rotatable bonds is 6. The minimum Gasteiger partial charge on any atom is -0.485 e. The monoisotopic (exact) mass is 358 g/mol. The molecule has 1 amide bonds. The Morgan fingerprint density at radius 2 is 1.63 bits per heavy atom. The number of fused-ring (bicyclic) bond motifs is 3. The third-order valence-corrected chi connectivity index (χ3v) is 4.63. The van der Waals surface area contributed by atoms with Crippen LogP contribution in [0, 0.1) is 0 Å². The zero-order chi connectivity index (χ0) is 18.8. The third-order valence-electron chi connectivity index (χ3n) is 4.63. The van der Waals surface area contributed by atoms with E-state index in [1.165, 1.54) is 0 Å². The summed E-state index contributed by atoms with van der Waals surface area (Å²) in [6.07, 6.45) is 0.705. The van der Waals surface area contributed by atoms with Crippen molar-refractivity contribution in [3.05, 3.63) is 77.9 Å². The van der Waals surface area contributed by atoms with Gasteiger partial charge >= 0.3 is 0 Å². The zero-order valence-electron chi connectivity index (χ0n) is 14.6. The summed E-state index contributed by atoms with van der Waals surface area (Å²) >= 11 is 0. The molecule has 0 spiro atoms. The van der Waals surface area contributed by atoms with Crippen LogP contribution in [0.3, 0.4) is 0 Å². The lowest BCUT2D eigenvalue weighted by Crippen LogP contribution is -2.11. The van der Waals surface area contributed by atoms with Crippen molar-refractivity contribution < 1.29 is 14.3 Å². The molecule has 1 heterocycles. The predicted octanol–water partition coefficient (Wildman–Crippen LogP) is 3.52. The van der Waals surface area contributed by atoms with E-state index in [1.54, 1.807) is 12.1 Å². The molecule has 27 heavy (non-hydrogen) atoms. The zero-order valence-corrected chi connectivity index (χ0v) is 14.6. The van der Waals surface area contributed by atoms with Crippen LogP contribution in [0.2, 0.25) is 0 Å². The number of amides is 1. The predicted molar refractivity (Wildman–Crippen MR) is 105 cm³/mol. The number of hydrogen-bond donors (Lipinski definition) is 1. The van der Waals surface area contributed by atoms with Gasteiger partial charge in [-0.15, -0.1) is 0 Å².